The predicted octanol–water partition coefficient (Wildman–Crippen LogP) is 2.01. The van der Waals surface area contributed by atoms with E-state index < -0.39 is 8.32 Å². The van der Waals surface area contributed by atoms with E-state index in [2.05, 4.69) is 19.6 Å². The summed E-state index contributed by atoms with van der Waals surface area (Å²) in [5.41, 5.74) is 0. The van der Waals surface area contributed by atoms with Gasteiger partial charge in [0.25, 0.3) is 0 Å². The molecule has 0 spiro atoms. The van der Waals surface area contributed by atoms with Gasteiger partial charge in [-0.15, -0.1) is 0 Å². The van der Waals surface area contributed by atoms with E-state index in [-0.39, 0.29) is 0 Å². The molecule has 0 aliphatic heterocycles. The van der Waals surface area contributed by atoms with Crippen LogP contribution in [0.4, 0.5) is 0 Å². The van der Waals surface area contributed by atoms with Gasteiger partial charge in [-0.1, -0.05) is 0 Å². The van der Waals surface area contributed by atoms with E-state index in [1.165, 1.54) is 0 Å². The third-order valence-electron chi connectivity index (χ3n) is 3.94. The second-order valence-electron chi connectivity index (χ2n) is 8.06. The second-order valence-corrected chi connectivity index (χ2v) is 12.6. The third kappa shape index (κ3) is 31.8. The Morgan fingerprint density at radius 3 is 0.735 bits per heavy atom. The Morgan fingerprint density at radius 1 is 0.324 bits per heavy atom. The minimum Gasteiger partial charge on any atom is -0.415 e. The molecular weight excluding hydrogens is 464 g/mol. The molecule has 0 N–H and O–H groups in total. The number of hydrogen-bond donors (Lipinski definition) is 0. The Kier molecular flexibility index (Phi) is 27.3. The molecule has 11 heteroatoms. The lowest BCUT2D eigenvalue weighted by Crippen LogP contribution is -2.27. The molecule has 10 nitrogen and oxygen atoms in total. The van der Waals surface area contributed by atoms with Crippen LogP contribution < -0.4 is 0 Å². The summed E-state index contributed by atoms with van der Waals surface area (Å²) >= 11 is 0. The zero-order chi connectivity index (χ0) is 25.0. The van der Waals surface area contributed by atoms with Gasteiger partial charge in [0.05, 0.1) is 119 Å². The van der Waals surface area contributed by atoms with E-state index in [1.54, 1.807) is 0 Å². The average Bonchev–Trinajstić information content (AvgIpc) is 2.80. The van der Waals surface area contributed by atoms with Crippen molar-refractivity contribution in [3.8, 4) is 0 Å². The number of ether oxygens (including phenoxy) is 9. The lowest BCUT2D eigenvalue weighted by atomic mass is 10.6. The molecule has 0 fully saturated rings. The van der Waals surface area contributed by atoms with Crippen LogP contribution in [0.2, 0.25) is 19.6 Å². The van der Waals surface area contributed by atoms with Gasteiger partial charge in [0.2, 0.25) is 0 Å². The fraction of sp³-hybridized carbons (Fsp3) is 1.00. The first-order chi connectivity index (χ1) is 16.6. The molecule has 0 radical (unpaired) electrons. The molecule has 0 bridgehead atoms. The summed E-state index contributed by atoms with van der Waals surface area (Å²) in [4.78, 5) is 0. The van der Waals surface area contributed by atoms with Crippen molar-refractivity contribution < 1.29 is 47.1 Å². The van der Waals surface area contributed by atoms with Crippen LogP contribution in [0.5, 0.6) is 0 Å². The van der Waals surface area contributed by atoms with Gasteiger partial charge in [-0.25, -0.2) is 0 Å². The summed E-state index contributed by atoms with van der Waals surface area (Å²) in [7, 11) is -1.44. The standard InChI is InChI=1S/C23H50O10Si/c1-5-24-6-7-25-8-9-26-10-11-27-12-13-28-14-15-29-16-17-30-18-19-31-20-21-32-22-23-33-34(2,3)4/h5-23H2,1-4H3. The highest BCUT2D eigenvalue weighted by Crippen LogP contribution is 2.01. The fourth-order valence-electron chi connectivity index (χ4n) is 2.31. The van der Waals surface area contributed by atoms with Crippen LogP contribution in [0.15, 0.2) is 0 Å². The Morgan fingerprint density at radius 2 is 0.529 bits per heavy atom. The van der Waals surface area contributed by atoms with Crippen molar-refractivity contribution in [1.82, 2.24) is 0 Å². The van der Waals surface area contributed by atoms with Crippen molar-refractivity contribution in [2.24, 2.45) is 0 Å². The molecule has 0 atom stereocenters. The molecule has 0 aliphatic carbocycles. The van der Waals surface area contributed by atoms with Crippen LogP contribution in [0.25, 0.3) is 0 Å². The van der Waals surface area contributed by atoms with Gasteiger partial charge < -0.3 is 47.1 Å². The first kappa shape index (κ1) is 33.8. The van der Waals surface area contributed by atoms with Crippen LogP contribution >= 0.6 is 0 Å². The summed E-state index contributed by atoms with van der Waals surface area (Å²) in [5.74, 6) is 0. The van der Waals surface area contributed by atoms with Gasteiger partial charge >= 0.3 is 0 Å². The fourth-order valence-corrected chi connectivity index (χ4v) is 3.01. The van der Waals surface area contributed by atoms with Crippen molar-refractivity contribution in [2.75, 3.05) is 126 Å². The zero-order valence-corrected chi connectivity index (χ0v) is 23.0. The van der Waals surface area contributed by atoms with Gasteiger partial charge in [-0.2, -0.15) is 0 Å². The minimum atomic E-state index is -1.44. The molecule has 0 heterocycles. The van der Waals surface area contributed by atoms with Crippen LogP contribution in [-0.4, -0.2) is 134 Å². The van der Waals surface area contributed by atoms with E-state index in [9.17, 15) is 0 Å². The monoisotopic (exact) mass is 514 g/mol. The van der Waals surface area contributed by atoms with Crippen molar-refractivity contribution in [3.63, 3.8) is 0 Å². The van der Waals surface area contributed by atoms with Gasteiger partial charge in [0.1, 0.15) is 0 Å². The highest BCUT2D eigenvalue weighted by molar-refractivity contribution is 6.69. The van der Waals surface area contributed by atoms with Crippen molar-refractivity contribution in [2.45, 2.75) is 26.6 Å². The molecule has 0 rings (SSSR count). The van der Waals surface area contributed by atoms with Crippen LogP contribution in [-0.2, 0) is 47.1 Å². The molecule has 0 unspecified atom stereocenters. The summed E-state index contributed by atoms with van der Waals surface area (Å²) in [6.45, 7) is 19.3. The minimum absolute atomic E-state index is 0.533. The average molecular weight is 515 g/mol. The van der Waals surface area contributed by atoms with E-state index in [0.717, 1.165) is 0 Å². The van der Waals surface area contributed by atoms with Gasteiger partial charge in [0.15, 0.2) is 8.32 Å². The maximum atomic E-state index is 5.70. The molecule has 0 aromatic heterocycles. The maximum absolute atomic E-state index is 5.70. The first-order valence-electron chi connectivity index (χ1n) is 12.4. The van der Waals surface area contributed by atoms with Crippen LogP contribution in [0, 0.1) is 0 Å². The topological polar surface area (TPSA) is 92.3 Å². The predicted molar refractivity (Wildman–Crippen MR) is 132 cm³/mol. The molecule has 206 valence electrons. The first-order valence-corrected chi connectivity index (χ1v) is 15.8. The third-order valence-corrected chi connectivity index (χ3v) is 5.01. The van der Waals surface area contributed by atoms with E-state index >= 15 is 0 Å². The normalized spacial score (nSPS) is 12.0. The summed E-state index contributed by atoms with van der Waals surface area (Å²) in [5, 5.41) is 0. The summed E-state index contributed by atoms with van der Waals surface area (Å²) in [6.07, 6.45) is 0. The van der Waals surface area contributed by atoms with Crippen molar-refractivity contribution >= 4 is 8.32 Å². The Balaban J connectivity index is 3.03. The molecule has 0 aromatic carbocycles. The highest BCUT2D eigenvalue weighted by atomic mass is 28.4. The van der Waals surface area contributed by atoms with E-state index in [0.29, 0.717) is 126 Å². The molecule has 0 amide bonds. The molecule has 0 saturated heterocycles. The Hall–Kier alpha value is -0.183. The quantitative estimate of drug-likeness (QED) is 0.109. The molecule has 0 aliphatic rings. The lowest BCUT2D eigenvalue weighted by Gasteiger charge is -2.16. The van der Waals surface area contributed by atoms with Crippen molar-refractivity contribution in [3.05, 3.63) is 0 Å². The molecule has 0 aromatic rings. The van der Waals surface area contributed by atoms with Crippen LogP contribution in [0.1, 0.15) is 6.92 Å². The largest absolute Gasteiger partial charge is 0.415 e. The zero-order valence-electron chi connectivity index (χ0n) is 22.0. The molecule has 34 heavy (non-hydrogen) atoms. The number of rotatable bonds is 29. The lowest BCUT2D eigenvalue weighted by molar-refractivity contribution is -0.0252. The van der Waals surface area contributed by atoms with E-state index in [1.807, 2.05) is 6.92 Å². The SMILES string of the molecule is CCOCCOCCOCCOCCOCCOCCOCCOCCOCCO[Si](C)(C)C. The maximum Gasteiger partial charge on any atom is 0.183 e. The summed E-state index contributed by atoms with van der Waals surface area (Å²) in [6, 6.07) is 0. The van der Waals surface area contributed by atoms with Crippen LogP contribution in [0.3, 0.4) is 0 Å². The van der Waals surface area contributed by atoms with Crippen molar-refractivity contribution in [1.29, 1.82) is 0 Å². The highest BCUT2D eigenvalue weighted by Gasteiger charge is 2.12. The molecule has 0 saturated carbocycles. The Bertz CT molecular complexity index is 385. The van der Waals surface area contributed by atoms with E-state index in [4.69, 9.17) is 47.1 Å². The summed E-state index contributed by atoms with van der Waals surface area (Å²) < 4.78 is 54.3. The molecular formula is C23H50O10Si. The second kappa shape index (κ2) is 27.4. The van der Waals surface area contributed by atoms with Gasteiger partial charge in [-0.3, -0.25) is 0 Å². The number of hydrogen-bond acceptors (Lipinski definition) is 10. The smallest absolute Gasteiger partial charge is 0.183 e. The van der Waals surface area contributed by atoms with Gasteiger partial charge in [0, 0.05) is 6.61 Å². The van der Waals surface area contributed by atoms with Gasteiger partial charge in [-0.05, 0) is 26.6 Å². The Labute approximate surface area is 207 Å².